The van der Waals surface area contributed by atoms with Crippen LogP contribution in [0.5, 0.6) is 0 Å². The van der Waals surface area contributed by atoms with Crippen LogP contribution in [0.3, 0.4) is 0 Å². The minimum Gasteiger partial charge on any atom is -0.480 e. The highest BCUT2D eigenvalue weighted by atomic mass is 32.2. The summed E-state index contributed by atoms with van der Waals surface area (Å²) in [5.74, 6) is -1.42. The van der Waals surface area contributed by atoms with Crippen LogP contribution in [-0.4, -0.2) is 63.7 Å². The summed E-state index contributed by atoms with van der Waals surface area (Å²) < 4.78 is 0. The third-order valence-corrected chi connectivity index (χ3v) is 5.52. The van der Waals surface area contributed by atoms with Gasteiger partial charge in [0.05, 0.1) is 0 Å². The number of nitrogens with zero attached hydrogens (tertiary/aromatic N) is 1. The first-order valence-corrected chi connectivity index (χ1v) is 11.7. The molecule has 0 aliphatic heterocycles. The zero-order valence-electron chi connectivity index (χ0n) is 19.4. The van der Waals surface area contributed by atoms with Gasteiger partial charge in [-0.15, -0.1) is 0 Å². The third-order valence-electron chi connectivity index (χ3n) is 4.55. The second-order valence-corrected chi connectivity index (χ2v) is 8.82. The number of thioether (sulfide) groups is 1. The van der Waals surface area contributed by atoms with Gasteiger partial charge in [0.25, 0.3) is 0 Å². The van der Waals surface area contributed by atoms with Crippen molar-refractivity contribution in [1.29, 1.82) is 0 Å². The van der Waals surface area contributed by atoms with Crippen molar-refractivity contribution in [1.82, 2.24) is 10.2 Å². The number of carbonyl (C=O) groups excluding carboxylic acids is 1. The first-order chi connectivity index (χ1) is 14.6. The summed E-state index contributed by atoms with van der Waals surface area (Å²) in [6, 6.07) is -1.75. The molecule has 0 bridgehead atoms. The van der Waals surface area contributed by atoms with E-state index in [1.54, 1.807) is 6.92 Å². The molecule has 1 unspecified atom stereocenters. The topological polar surface area (TPSA) is 107 Å². The third kappa shape index (κ3) is 15.3. The van der Waals surface area contributed by atoms with Crippen LogP contribution >= 0.6 is 11.8 Å². The van der Waals surface area contributed by atoms with Gasteiger partial charge in [0.2, 0.25) is 0 Å². The van der Waals surface area contributed by atoms with E-state index in [1.807, 2.05) is 0 Å². The summed E-state index contributed by atoms with van der Waals surface area (Å²) in [7, 11) is 0. The molecule has 31 heavy (non-hydrogen) atoms. The number of carboxylic acids is 2. The molecule has 0 fully saturated rings. The summed E-state index contributed by atoms with van der Waals surface area (Å²) in [5.41, 5.74) is 3.98. The van der Waals surface area contributed by atoms with Gasteiger partial charge in [-0.25, -0.2) is 9.59 Å². The van der Waals surface area contributed by atoms with Crippen LogP contribution in [0.2, 0.25) is 0 Å². The van der Waals surface area contributed by atoms with Gasteiger partial charge in [-0.2, -0.15) is 11.8 Å². The Bertz CT molecular complexity index is 681. The lowest BCUT2D eigenvalue weighted by molar-refractivity contribution is -0.138. The van der Waals surface area contributed by atoms with E-state index in [9.17, 15) is 19.5 Å². The first kappa shape index (κ1) is 28.8. The number of allylic oxidation sites excluding steroid dienone is 5. The minimum absolute atomic E-state index is 0.183. The van der Waals surface area contributed by atoms with Crippen molar-refractivity contribution in [3.63, 3.8) is 0 Å². The Kier molecular flexibility index (Phi) is 15.3. The predicted octanol–water partition coefficient (Wildman–Crippen LogP) is 4.71. The van der Waals surface area contributed by atoms with Crippen molar-refractivity contribution in [3.05, 3.63) is 34.9 Å². The number of likely N-dealkylation sites (N-methyl/N-ethyl adjacent to an activating group) is 1. The van der Waals surface area contributed by atoms with Crippen LogP contribution in [0.15, 0.2) is 34.9 Å². The molecule has 0 spiro atoms. The Balaban J connectivity index is 4.40. The summed E-state index contributed by atoms with van der Waals surface area (Å²) in [5, 5.41) is 20.6. The number of aliphatic carboxylic acids is 2. The summed E-state index contributed by atoms with van der Waals surface area (Å²) in [4.78, 5) is 35.4. The second kappa shape index (κ2) is 16.5. The van der Waals surface area contributed by atoms with Gasteiger partial charge in [-0.3, -0.25) is 4.79 Å². The summed E-state index contributed by atoms with van der Waals surface area (Å²) in [6.45, 7) is 9.79. The van der Waals surface area contributed by atoms with Gasteiger partial charge in [0.15, 0.2) is 0 Å². The number of nitrogens with one attached hydrogen (secondary N) is 1. The van der Waals surface area contributed by atoms with E-state index in [1.165, 1.54) is 28.5 Å². The molecule has 2 amide bonds. The zero-order chi connectivity index (χ0) is 23.8. The molecule has 0 saturated heterocycles. The Morgan fingerprint density at radius 1 is 0.968 bits per heavy atom. The Morgan fingerprint density at radius 2 is 1.55 bits per heavy atom. The molecule has 0 aliphatic rings. The Hall–Kier alpha value is -2.22. The van der Waals surface area contributed by atoms with E-state index in [0.29, 0.717) is 5.75 Å². The van der Waals surface area contributed by atoms with E-state index < -0.39 is 30.6 Å². The normalized spacial score (nSPS) is 12.8. The molecule has 0 aromatic heterocycles. The average molecular weight is 455 g/mol. The highest BCUT2D eigenvalue weighted by Crippen LogP contribution is 2.13. The number of hydrogen-bond acceptors (Lipinski definition) is 4. The van der Waals surface area contributed by atoms with E-state index >= 15 is 0 Å². The molecule has 0 aliphatic carbocycles. The average Bonchev–Trinajstić information content (AvgIpc) is 2.67. The smallest absolute Gasteiger partial charge is 0.327 e. The van der Waals surface area contributed by atoms with Crippen LogP contribution < -0.4 is 5.32 Å². The number of rotatable bonds is 15. The monoisotopic (exact) mass is 454 g/mol. The lowest BCUT2D eigenvalue weighted by atomic mass is 10.1. The fourth-order valence-corrected chi connectivity index (χ4v) is 3.63. The summed E-state index contributed by atoms with van der Waals surface area (Å²) in [6.07, 6.45) is 10.7. The van der Waals surface area contributed by atoms with Crippen molar-refractivity contribution in [3.8, 4) is 0 Å². The highest BCUT2D eigenvalue weighted by Gasteiger charge is 2.23. The molecule has 0 heterocycles. The Morgan fingerprint density at radius 3 is 2.06 bits per heavy atom. The summed E-state index contributed by atoms with van der Waals surface area (Å²) >= 11 is 1.42. The van der Waals surface area contributed by atoms with Crippen LogP contribution in [0.4, 0.5) is 4.79 Å². The van der Waals surface area contributed by atoms with Crippen molar-refractivity contribution < 1.29 is 24.6 Å². The molecule has 3 N–H and O–H groups in total. The number of amides is 2. The predicted molar refractivity (Wildman–Crippen MR) is 128 cm³/mol. The SMILES string of the molecule is CCN(CC(=O)O)C(=O)NC(CSC/C=C(\C)CC/C=C(\C)CCC=C(C)C)C(=O)O. The molecular weight excluding hydrogens is 416 g/mol. The number of carbonyl (C=O) groups is 3. The van der Waals surface area contributed by atoms with Crippen LogP contribution in [-0.2, 0) is 9.59 Å². The fourth-order valence-electron chi connectivity index (χ4n) is 2.63. The maximum Gasteiger partial charge on any atom is 0.327 e. The number of carboxylic acid groups (broad SMARTS) is 2. The molecule has 0 aromatic rings. The largest absolute Gasteiger partial charge is 0.480 e. The molecule has 1 atom stereocenters. The molecule has 0 saturated carbocycles. The molecule has 8 heteroatoms. The molecule has 176 valence electrons. The van der Waals surface area contributed by atoms with Gasteiger partial charge in [0.1, 0.15) is 12.6 Å². The molecule has 0 radical (unpaired) electrons. The molecule has 0 aromatic carbocycles. The van der Waals surface area contributed by atoms with Crippen molar-refractivity contribution in [2.45, 2.75) is 66.3 Å². The first-order valence-electron chi connectivity index (χ1n) is 10.6. The zero-order valence-corrected chi connectivity index (χ0v) is 20.3. The lowest BCUT2D eigenvalue weighted by Crippen LogP contribution is -2.50. The van der Waals surface area contributed by atoms with Gasteiger partial charge < -0.3 is 20.4 Å². The van der Waals surface area contributed by atoms with Crippen molar-refractivity contribution in [2.24, 2.45) is 0 Å². The van der Waals surface area contributed by atoms with Gasteiger partial charge in [-0.05, 0) is 60.3 Å². The van der Waals surface area contributed by atoms with Crippen LogP contribution in [0.25, 0.3) is 0 Å². The lowest BCUT2D eigenvalue weighted by Gasteiger charge is -2.22. The highest BCUT2D eigenvalue weighted by molar-refractivity contribution is 7.99. The van der Waals surface area contributed by atoms with Gasteiger partial charge in [-0.1, -0.05) is 34.9 Å². The van der Waals surface area contributed by atoms with Crippen molar-refractivity contribution in [2.75, 3.05) is 24.6 Å². The minimum atomic E-state index is -1.14. The van der Waals surface area contributed by atoms with Gasteiger partial charge in [0, 0.05) is 18.1 Å². The van der Waals surface area contributed by atoms with E-state index in [4.69, 9.17) is 5.11 Å². The maximum absolute atomic E-state index is 12.1. The molecule has 0 rings (SSSR count). The standard InChI is InChI=1S/C23H38N2O5S/c1-6-25(15-21(26)27)23(30)24-20(22(28)29)16-31-14-13-19(5)12-8-11-18(4)10-7-9-17(2)3/h9,11,13,20H,6-8,10,12,14-16H2,1-5H3,(H,24,30)(H,26,27)(H,28,29)/b18-11+,19-13+. The molecular formula is C23H38N2O5S. The number of hydrogen-bond donors (Lipinski definition) is 3. The Labute approximate surface area is 190 Å². The fraction of sp³-hybridized carbons (Fsp3) is 0.609. The quantitative estimate of drug-likeness (QED) is 0.244. The van der Waals surface area contributed by atoms with Crippen molar-refractivity contribution >= 4 is 29.7 Å². The van der Waals surface area contributed by atoms with E-state index in [0.717, 1.165) is 30.6 Å². The van der Waals surface area contributed by atoms with Crippen LogP contribution in [0, 0.1) is 0 Å². The maximum atomic E-state index is 12.1. The van der Waals surface area contributed by atoms with E-state index in [2.05, 4.69) is 51.2 Å². The van der Waals surface area contributed by atoms with E-state index in [-0.39, 0.29) is 12.3 Å². The molecule has 7 nitrogen and oxygen atoms in total. The van der Waals surface area contributed by atoms with Gasteiger partial charge >= 0.3 is 18.0 Å². The van der Waals surface area contributed by atoms with Crippen LogP contribution in [0.1, 0.15) is 60.3 Å². The second-order valence-electron chi connectivity index (χ2n) is 7.75. The number of urea groups is 1.